The summed E-state index contributed by atoms with van der Waals surface area (Å²) in [5.74, 6) is 0. The van der Waals surface area contributed by atoms with Crippen LogP contribution in [-0.2, 0) is 10.0 Å². The zero-order chi connectivity index (χ0) is 10.0. The molecule has 1 aliphatic heterocycles. The predicted molar refractivity (Wildman–Crippen MR) is 50.2 cm³/mol. The maximum Gasteiger partial charge on any atom is 0.243 e. The number of aromatic amines is 1. The van der Waals surface area contributed by atoms with Gasteiger partial charge in [-0.15, -0.1) is 0 Å². The fourth-order valence-electron chi connectivity index (χ4n) is 1.43. The molecule has 6 nitrogen and oxygen atoms in total. The Kier molecular flexibility index (Phi) is 2.53. The summed E-state index contributed by atoms with van der Waals surface area (Å²) >= 11 is 0. The van der Waals surface area contributed by atoms with Crippen molar-refractivity contribution >= 4 is 10.0 Å². The van der Waals surface area contributed by atoms with Crippen LogP contribution in [0.5, 0.6) is 0 Å². The molecule has 1 saturated heterocycles. The van der Waals surface area contributed by atoms with E-state index in [-0.39, 0.29) is 10.9 Å². The average Bonchev–Trinajstić information content (AvgIpc) is 2.71. The van der Waals surface area contributed by atoms with Crippen LogP contribution in [0.25, 0.3) is 0 Å². The van der Waals surface area contributed by atoms with Gasteiger partial charge in [0.05, 0.1) is 6.20 Å². The van der Waals surface area contributed by atoms with E-state index in [2.05, 4.69) is 20.2 Å². The Labute approximate surface area is 82.1 Å². The number of hydrogen-bond donors (Lipinski definition) is 3. The molecule has 0 saturated carbocycles. The largest absolute Gasteiger partial charge is 0.315 e. The van der Waals surface area contributed by atoms with Gasteiger partial charge in [0, 0.05) is 18.8 Å². The van der Waals surface area contributed by atoms with E-state index < -0.39 is 10.0 Å². The van der Waals surface area contributed by atoms with Crippen molar-refractivity contribution in [2.75, 3.05) is 13.1 Å². The summed E-state index contributed by atoms with van der Waals surface area (Å²) in [7, 11) is -3.38. The summed E-state index contributed by atoms with van der Waals surface area (Å²) in [6.07, 6.45) is 3.49. The van der Waals surface area contributed by atoms with Crippen LogP contribution in [0.2, 0.25) is 0 Å². The summed E-state index contributed by atoms with van der Waals surface area (Å²) in [6, 6.07) is -0.00472. The molecule has 0 bridgehead atoms. The SMILES string of the molecule is O=S(=O)(N[C@H]1CCNC1)c1cn[nH]c1. The van der Waals surface area contributed by atoms with Crippen molar-refractivity contribution < 1.29 is 8.42 Å². The molecule has 78 valence electrons. The summed E-state index contributed by atoms with van der Waals surface area (Å²) in [4.78, 5) is 0.185. The van der Waals surface area contributed by atoms with E-state index in [1.807, 2.05) is 0 Å². The van der Waals surface area contributed by atoms with Crippen molar-refractivity contribution in [2.45, 2.75) is 17.4 Å². The highest BCUT2D eigenvalue weighted by molar-refractivity contribution is 7.89. The molecule has 0 amide bonds. The number of sulfonamides is 1. The number of nitrogens with zero attached hydrogens (tertiary/aromatic N) is 1. The fraction of sp³-hybridized carbons (Fsp3) is 0.571. The van der Waals surface area contributed by atoms with Crippen LogP contribution < -0.4 is 10.0 Å². The second-order valence-corrected chi connectivity index (χ2v) is 4.96. The summed E-state index contributed by atoms with van der Waals surface area (Å²) in [5.41, 5.74) is 0. The number of nitrogens with one attached hydrogen (secondary N) is 3. The van der Waals surface area contributed by atoms with Gasteiger partial charge in [-0.25, -0.2) is 13.1 Å². The number of H-pyrrole nitrogens is 1. The Balaban J connectivity index is 2.09. The Bertz CT molecular complexity index is 380. The third kappa shape index (κ3) is 1.94. The van der Waals surface area contributed by atoms with Crippen LogP contribution in [0.1, 0.15) is 6.42 Å². The van der Waals surface area contributed by atoms with Crippen molar-refractivity contribution in [3.63, 3.8) is 0 Å². The van der Waals surface area contributed by atoms with Crippen molar-refractivity contribution in [1.82, 2.24) is 20.2 Å². The third-order valence-electron chi connectivity index (χ3n) is 2.17. The number of hydrogen-bond acceptors (Lipinski definition) is 4. The zero-order valence-corrected chi connectivity index (χ0v) is 8.34. The number of aromatic nitrogens is 2. The minimum Gasteiger partial charge on any atom is -0.315 e. The summed E-state index contributed by atoms with van der Waals surface area (Å²) in [6.45, 7) is 1.55. The van der Waals surface area contributed by atoms with Gasteiger partial charge in [0.15, 0.2) is 0 Å². The Morgan fingerprint density at radius 1 is 1.57 bits per heavy atom. The zero-order valence-electron chi connectivity index (χ0n) is 7.53. The smallest absolute Gasteiger partial charge is 0.243 e. The first-order chi connectivity index (χ1) is 6.68. The lowest BCUT2D eigenvalue weighted by Crippen LogP contribution is -2.36. The molecule has 2 rings (SSSR count). The molecular weight excluding hydrogens is 204 g/mol. The third-order valence-corrected chi connectivity index (χ3v) is 3.65. The van der Waals surface area contributed by atoms with Gasteiger partial charge in [0.25, 0.3) is 0 Å². The second kappa shape index (κ2) is 3.68. The summed E-state index contributed by atoms with van der Waals surface area (Å²) < 4.78 is 25.9. The quantitative estimate of drug-likeness (QED) is 0.608. The standard InChI is InChI=1S/C7H12N4O2S/c12-14(13,7-4-9-10-5-7)11-6-1-2-8-3-6/h4-6,8,11H,1-3H2,(H,9,10)/t6-/m0/s1. The predicted octanol–water partition coefficient (Wildman–Crippen LogP) is -0.950. The van der Waals surface area contributed by atoms with Gasteiger partial charge in [-0.05, 0) is 13.0 Å². The molecule has 1 aromatic rings. The first-order valence-corrected chi connectivity index (χ1v) is 5.88. The van der Waals surface area contributed by atoms with Crippen molar-refractivity contribution in [3.8, 4) is 0 Å². The first-order valence-electron chi connectivity index (χ1n) is 4.40. The highest BCUT2D eigenvalue weighted by atomic mass is 32.2. The molecule has 3 N–H and O–H groups in total. The highest BCUT2D eigenvalue weighted by Gasteiger charge is 2.22. The Morgan fingerprint density at radius 2 is 2.43 bits per heavy atom. The monoisotopic (exact) mass is 216 g/mol. The minimum atomic E-state index is -3.38. The van der Waals surface area contributed by atoms with Crippen LogP contribution >= 0.6 is 0 Å². The molecule has 7 heteroatoms. The molecule has 1 fully saturated rings. The second-order valence-electron chi connectivity index (χ2n) is 3.25. The molecule has 2 heterocycles. The van der Waals surface area contributed by atoms with E-state index in [1.54, 1.807) is 0 Å². The Morgan fingerprint density at radius 3 is 3.00 bits per heavy atom. The first kappa shape index (κ1) is 9.63. The van der Waals surface area contributed by atoms with Crippen LogP contribution in [0.15, 0.2) is 17.3 Å². The molecule has 1 aromatic heterocycles. The summed E-state index contributed by atoms with van der Waals surface area (Å²) in [5, 5.41) is 9.17. The van der Waals surface area contributed by atoms with Gasteiger partial charge in [-0.1, -0.05) is 0 Å². The van der Waals surface area contributed by atoms with Gasteiger partial charge in [-0.3, -0.25) is 5.10 Å². The average molecular weight is 216 g/mol. The molecule has 0 radical (unpaired) electrons. The molecule has 1 aliphatic rings. The van der Waals surface area contributed by atoms with Crippen molar-refractivity contribution in [3.05, 3.63) is 12.4 Å². The maximum absolute atomic E-state index is 11.7. The van der Waals surface area contributed by atoms with Crippen LogP contribution in [0, 0.1) is 0 Å². The van der Waals surface area contributed by atoms with Crippen LogP contribution in [0.3, 0.4) is 0 Å². The van der Waals surface area contributed by atoms with E-state index in [0.29, 0.717) is 6.54 Å². The lowest BCUT2D eigenvalue weighted by Gasteiger charge is -2.09. The number of rotatable bonds is 3. The molecule has 0 unspecified atom stereocenters. The normalized spacial score (nSPS) is 22.7. The lowest BCUT2D eigenvalue weighted by atomic mass is 10.3. The van der Waals surface area contributed by atoms with Crippen molar-refractivity contribution in [2.24, 2.45) is 0 Å². The Hall–Kier alpha value is -0.920. The van der Waals surface area contributed by atoms with E-state index >= 15 is 0 Å². The minimum absolute atomic E-state index is 0.00472. The van der Waals surface area contributed by atoms with Gasteiger partial charge in [0.1, 0.15) is 4.90 Å². The van der Waals surface area contributed by atoms with Gasteiger partial charge < -0.3 is 5.32 Å². The molecule has 0 spiro atoms. The van der Waals surface area contributed by atoms with E-state index in [4.69, 9.17) is 0 Å². The van der Waals surface area contributed by atoms with Gasteiger partial charge in [-0.2, -0.15) is 5.10 Å². The van der Waals surface area contributed by atoms with Gasteiger partial charge in [0.2, 0.25) is 10.0 Å². The molecule has 0 aliphatic carbocycles. The lowest BCUT2D eigenvalue weighted by molar-refractivity contribution is 0.560. The fourth-order valence-corrected chi connectivity index (χ4v) is 2.60. The molecule has 14 heavy (non-hydrogen) atoms. The van der Waals surface area contributed by atoms with Gasteiger partial charge >= 0.3 is 0 Å². The van der Waals surface area contributed by atoms with Crippen LogP contribution in [0.4, 0.5) is 0 Å². The highest BCUT2D eigenvalue weighted by Crippen LogP contribution is 2.07. The van der Waals surface area contributed by atoms with Crippen LogP contribution in [-0.4, -0.2) is 37.7 Å². The van der Waals surface area contributed by atoms with Crippen molar-refractivity contribution in [1.29, 1.82) is 0 Å². The maximum atomic E-state index is 11.7. The molecular formula is C7H12N4O2S. The van der Waals surface area contributed by atoms with E-state index in [9.17, 15) is 8.42 Å². The van der Waals surface area contributed by atoms with E-state index in [1.165, 1.54) is 12.4 Å². The topological polar surface area (TPSA) is 86.9 Å². The molecule has 1 atom stereocenters. The molecule has 0 aromatic carbocycles. The van der Waals surface area contributed by atoms with E-state index in [0.717, 1.165) is 13.0 Å².